The van der Waals surface area contributed by atoms with E-state index in [0.717, 1.165) is 11.6 Å². The lowest BCUT2D eigenvalue weighted by Crippen LogP contribution is -1.88. The van der Waals surface area contributed by atoms with E-state index in [1.165, 1.54) is 5.56 Å². The van der Waals surface area contributed by atoms with Crippen LogP contribution in [0.3, 0.4) is 0 Å². The SMILES string of the molecule is Cc1ccc([C]2C=CN=N2)cc1. The highest BCUT2D eigenvalue weighted by Gasteiger charge is 2.09. The van der Waals surface area contributed by atoms with Crippen molar-refractivity contribution in [1.82, 2.24) is 0 Å². The summed E-state index contributed by atoms with van der Waals surface area (Å²) >= 11 is 0. The zero-order valence-electron chi connectivity index (χ0n) is 6.86. The van der Waals surface area contributed by atoms with E-state index in [1.807, 2.05) is 6.08 Å². The molecular weight excluding hydrogens is 148 g/mol. The van der Waals surface area contributed by atoms with Gasteiger partial charge in [-0.3, -0.25) is 0 Å². The van der Waals surface area contributed by atoms with Crippen molar-refractivity contribution in [2.75, 3.05) is 0 Å². The van der Waals surface area contributed by atoms with Gasteiger partial charge < -0.3 is 0 Å². The third-order valence-corrected chi connectivity index (χ3v) is 1.81. The third-order valence-electron chi connectivity index (χ3n) is 1.81. The second kappa shape index (κ2) is 2.89. The molecule has 0 atom stereocenters. The molecule has 1 aliphatic rings. The lowest BCUT2D eigenvalue weighted by atomic mass is 10.1. The number of hydrogen-bond donors (Lipinski definition) is 0. The molecule has 0 bridgehead atoms. The molecule has 2 rings (SSSR count). The van der Waals surface area contributed by atoms with E-state index in [9.17, 15) is 0 Å². The molecule has 12 heavy (non-hydrogen) atoms. The van der Waals surface area contributed by atoms with Crippen LogP contribution >= 0.6 is 0 Å². The van der Waals surface area contributed by atoms with Crippen LogP contribution in [-0.2, 0) is 0 Å². The van der Waals surface area contributed by atoms with Gasteiger partial charge in [0.2, 0.25) is 0 Å². The monoisotopic (exact) mass is 157 g/mol. The molecule has 2 nitrogen and oxygen atoms in total. The average molecular weight is 157 g/mol. The number of azo groups is 1. The van der Waals surface area contributed by atoms with Crippen LogP contribution in [-0.4, -0.2) is 0 Å². The van der Waals surface area contributed by atoms with Crippen LogP contribution in [0.1, 0.15) is 11.1 Å². The van der Waals surface area contributed by atoms with Crippen LogP contribution in [0.15, 0.2) is 46.8 Å². The molecular formula is C10H9N2. The third kappa shape index (κ3) is 1.28. The Morgan fingerprint density at radius 2 is 1.83 bits per heavy atom. The summed E-state index contributed by atoms with van der Waals surface area (Å²) in [6.45, 7) is 2.07. The van der Waals surface area contributed by atoms with Crippen molar-refractivity contribution in [3.05, 3.63) is 53.7 Å². The van der Waals surface area contributed by atoms with Gasteiger partial charge in [0.15, 0.2) is 6.04 Å². The Kier molecular flexibility index (Phi) is 1.74. The Morgan fingerprint density at radius 1 is 1.08 bits per heavy atom. The summed E-state index contributed by atoms with van der Waals surface area (Å²) in [5.74, 6) is 0. The van der Waals surface area contributed by atoms with E-state index in [0.29, 0.717) is 0 Å². The second-order valence-corrected chi connectivity index (χ2v) is 2.78. The van der Waals surface area contributed by atoms with Crippen molar-refractivity contribution in [3.8, 4) is 0 Å². The average Bonchev–Trinajstić information content (AvgIpc) is 2.58. The summed E-state index contributed by atoms with van der Waals surface area (Å²) in [6.07, 6.45) is 3.61. The van der Waals surface area contributed by atoms with Crippen LogP contribution in [0.25, 0.3) is 0 Å². The number of nitrogens with zero attached hydrogens (tertiary/aromatic N) is 2. The molecule has 1 heterocycles. The molecule has 0 saturated heterocycles. The van der Waals surface area contributed by atoms with Crippen LogP contribution in [0.5, 0.6) is 0 Å². The van der Waals surface area contributed by atoms with Gasteiger partial charge in [-0.1, -0.05) is 29.8 Å². The number of hydrogen-bond acceptors (Lipinski definition) is 2. The number of rotatable bonds is 1. The minimum absolute atomic E-state index is 0.940. The van der Waals surface area contributed by atoms with Crippen LogP contribution < -0.4 is 0 Å². The maximum Gasteiger partial charge on any atom is 0.161 e. The summed E-state index contributed by atoms with van der Waals surface area (Å²) in [5.41, 5.74) is 2.39. The van der Waals surface area contributed by atoms with Gasteiger partial charge in [-0.15, -0.1) is 0 Å². The van der Waals surface area contributed by atoms with Crippen molar-refractivity contribution in [3.63, 3.8) is 0 Å². The predicted molar refractivity (Wildman–Crippen MR) is 47.5 cm³/mol. The molecule has 59 valence electrons. The molecule has 1 radical (unpaired) electrons. The zero-order chi connectivity index (χ0) is 8.39. The smallest absolute Gasteiger partial charge is 0.161 e. The maximum absolute atomic E-state index is 3.97. The first-order valence-corrected chi connectivity index (χ1v) is 3.88. The van der Waals surface area contributed by atoms with E-state index >= 15 is 0 Å². The highest BCUT2D eigenvalue weighted by atomic mass is 15.1. The first kappa shape index (κ1) is 7.22. The Hall–Kier alpha value is -1.44. The lowest BCUT2D eigenvalue weighted by Gasteiger charge is -2.01. The lowest BCUT2D eigenvalue weighted by molar-refractivity contribution is 1.10. The fourth-order valence-electron chi connectivity index (χ4n) is 1.11. The van der Waals surface area contributed by atoms with Gasteiger partial charge >= 0.3 is 0 Å². The van der Waals surface area contributed by atoms with Crippen molar-refractivity contribution in [2.45, 2.75) is 6.92 Å². The van der Waals surface area contributed by atoms with Crippen molar-refractivity contribution in [1.29, 1.82) is 0 Å². The molecule has 0 N–H and O–H groups in total. The van der Waals surface area contributed by atoms with E-state index < -0.39 is 0 Å². The molecule has 0 aliphatic carbocycles. The summed E-state index contributed by atoms with van der Waals surface area (Å²) in [7, 11) is 0. The van der Waals surface area contributed by atoms with Gasteiger partial charge in [-0.25, -0.2) is 0 Å². The molecule has 0 spiro atoms. The van der Waals surface area contributed by atoms with E-state index in [1.54, 1.807) is 6.20 Å². The summed E-state index contributed by atoms with van der Waals surface area (Å²) in [4.78, 5) is 0. The molecule has 1 aromatic carbocycles. The summed E-state index contributed by atoms with van der Waals surface area (Å²) in [6, 6.07) is 9.20. The Bertz CT molecular complexity index is 310. The van der Waals surface area contributed by atoms with Crippen LogP contribution in [0.2, 0.25) is 0 Å². The maximum atomic E-state index is 3.97. The minimum atomic E-state index is 0.940. The fraction of sp³-hybridized carbons (Fsp3) is 0.100. The van der Waals surface area contributed by atoms with E-state index in [-0.39, 0.29) is 0 Å². The van der Waals surface area contributed by atoms with Gasteiger partial charge in [-0.2, -0.15) is 10.2 Å². The van der Waals surface area contributed by atoms with Crippen molar-refractivity contribution < 1.29 is 0 Å². The molecule has 0 aromatic heterocycles. The van der Waals surface area contributed by atoms with Gasteiger partial charge in [0.25, 0.3) is 0 Å². The minimum Gasteiger partial charge on any atom is -0.170 e. The standard InChI is InChI=1S/C10H9N2/c1-8-2-4-9(5-3-8)10-6-7-11-12-10/h2-7H,1H3. The first-order chi connectivity index (χ1) is 5.86. The van der Waals surface area contributed by atoms with Crippen LogP contribution in [0.4, 0.5) is 0 Å². The quantitative estimate of drug-likeness (QED) is 0.598. The largest absolute Gasteiger partial charge is 0.170 e. The van der Waals surface area contributed by atoms with Gasteiger partial charge in [0.05, 0.1) is 0 Å². The normalized spacial score (nSPS) is 15.8. The summed E-state index contributed by atoms with van der Waals surface area (Å²) < 4.78 is 0. The Balaban J connectivity index is 2.29. The Labute approximate surface area is 71.6 Å². The number of aryl methyl sites for hydroxylation is 1. The molecule has 1 aliphatic heterocycles. The fourth-order valence-corrected chi connectivity index (χ4v) is 1.11. The highest BCUT2D eigenvalue weighted by Crippen LogP contribution is 2.22. The Morgan fingerprint density at radius 3 is 2.42 bits per heavy atom. The highest BCUT2D eigenvalue weighted by molar-refractivity contribution is 5.38. The molecule has 1 aromatic rings. The molecule has 0 saturated carbocycles. The molecule has 0 fully saturated rings. The first-order valence-electron chi connectivity index (χ1n) is 3.88. The predicted octanol–water partition coefficient (Wildman–Crippen LogP) is 2.85. The number of benzene rings is 1. The zero-order valence-corrected chi connectivity index (χ0v) is 6.86. The molecule has 2 heteroatoms. The van der Waals surface area contributed by atoms with Crippen molar-refractivity contribution in [2.24, 2.45) is 10.2 Å². The van der Waals surface area contributed by atoms with Crippen molar-refractivity contribution >= 4 is 0 Å². The van der Waals surface area contributed by atoms with E-state index in [4.69, 9.17) is 0 Å². The van der Waals surface area contributed by atoms with E-state index in [2.05, 4.69) is 41.4 Å². The van der Waals surface area contributed by atoms with Gasteiger partial charge in [0.1, 0.15) is 0 Å². The molecule has 0 unspecified atom stereocenters. The van der Waals surface area contributed by atoms with Crippen LogP contribution in [0, 0.1) is 13.0 Å². The second-order valence-electron chi connectivity index (χ2n) is 2.78. The summed E-state index contributed by atoms with van der Waals surface area (Å²) in [5, 5.41) is 7.74. The molecule has 0 amide bonds. The van der Waals surface area contributed by atoms with Gasteiger partial charge in [0, 0.05) is 6.20 Å². The topological polar surface area (TPSA) is 24.7 Å². The van der Waals surface area contributed by atoms with Gasteiger partial charge in [-0.05, 0) is 18.6 Å².